The van der Waals surface area contributed by atoms with Gasteiger partial charge >= 0.3 is 0 Å². The minimum Gasteiger partial charge on any atom is -0.0683 e. The fourth-order valence-corrected chi connectivity index (χ4v) is 0.667. The van der Waals surface area contributed by atoms with E-state index in [1.165, 1.54) is 12.8 Å². The molecule has 0 aliphatic carbocycles. The lowest BCUT2D eigenvalue weighted by Gasteiger charge is -2.05. The zero-order chi connectivity index (χ0) is 8.57. The molecule has 0 atom stereocenters. The maximum absolute atomic E-state index is 2.28. The van der Waals surface area contributed by atoms with Crippen molar-refractivity contribution in [1.29, 1.82) is 0 Å². The van der Waals surface area contributed by atoms with Crippen molar-refractivity contribution in [3.05, 3.63) is 0 Å². The maximum atomic E-state index is 2.28. The second-order valence-corrected chi connectivity index (χ2v) is 3.37. The van der Waals surface area contributed by atoms with Gasteiger partial charge in [-0.25, -0.2) is 0 Å². The third-order valence-corrected chi connectivity index (χ3v) is 1.32. The first kappa shape index (κ1) is 12.7. The molecule has 64 valence electrons. The van der Waals surface area contributed by atoms with Crippen LogP contribution >= 0.6 is 0 Å². The molecule has 0 saturated heterocycles. The van der Waals surface area contributed by atoms with Gasteiger partial charge in [0, 0.05) is 0 Å². The molecule has 0 aromatic rings. The lowest BCUT2D eigenvalue weighted by Crippen LogP contribution is -1.91. The van der Waals surface area contributed by atoms with Crippen molar-refractivity contribution >= 4 is 0 Å². The SMILES string of the molecule is CC.CC(C)CCC(C)C. The molecule has 0 aliphatic rings. The van der Waals surface area contributed by atoms with Crippen molar-refractivity contribution in [3.63, 3.8) is 0 Å². The molecule has 0 fully saturated rings. The van der Waals surface area contributed by atoms with Gasteiger partial charge in [-0.15, -0.1) is 0 Å². The Morgan fingerprint density at radius 3 is 1.00 bits per heavy atom. The summed E-state index contributed by atoms with van der Waals surface area (Å²) < 4.78 is 0. The van der Waals surface area contributed by atoms with E-state index in [1.807, 2.05) is 13.8 Å². The first-order valence-corrected chi connectivity index (χ1v) is 4.63. The molecule has 0 heteroatoms. The average molecular weight is 144 g/mol. The molecule has 0 amide bonds. The van der Waals surface area contributed by atoms with E-state index in [0.29, 0.717) is 0 Å². The highest BCUT2D eigenvalue weighted by molar-refractivity contribution is 4.48. The fourth-order valence-electron chi connectivity index (χ4n) is 0.667. The van der Waals surface area contributed by atoms with Crippen LogP contribution in [-0.4, -0.2) is 0 Å². The Hall–Kier alpha value is 0. The maximum Gasteiger partial charge on any atom is -0.0471 e. The second-order valence-electron chi connectivity index (χ2n) is 3.37. The van der Waals surface area contributed by atoms with E-state index in [1.54, 1.807) is 0 Å². The summed E-state index contributed by atoms with van der Waals surface area (Å²) in [4.78, 5) is 0. The number of hydrogen-bond donors (Lipinski definition) is 0. The van der Waals surface area contributed by atoms with Crippen LogP contribution in [0.15, 0.2) is 0 Å². The van der Waals surface area contributed by atoms with Gasteiger partial charge in [0.05, 0.1) is 0 Å². The molecule has 10 heavy (non-hydrogen) atoms. The summed E-state index contributed by atoms with van der Waals surface area (Å²) in [6.45, 7) is 13.1. The lowest BCUT2D eigenvalue weighted by atomic mass is 10.0. The molecule has 0 aromatic heterocycles. The van der Waals surface area contributed by atoms with E-state index in [0.717, 1.165) is 11.8 Å². The van der Waals surface area contributed by atoms with Gasteiger partial charge in [0.15, 0.2) is 0 Å². The summed E-state index contributed by atoms with van der Waals surface area (Å²) >= 11 is 0. The quantitative estimate of drug-likeness (QED) is 0.559. The van der Waals surface area contributed by atoms with Crippen LogP contribution in [0.2, 0.25) is 0 Å². The monoisotopic (exact) mass is 144 g/mol. The normalized spacial score (nSPS) is 9.60. The molecule has 0 aromatic carbocycles. The molecule has 0 heterocycles. The topological polar surface area (TPSA) is 0 Å². The Labute approximate surface area is 67.0 Å². The van der Waals surface area contributed by atoms with Gasteiger partial charge in [-0.1, -0.05) is 54.4 Å². The molecular weight excluding hydrogens is 120 g/mol. The van der Waals surface area contributed by atoms with E-state index in [2.05, 4.69) is 27.7 Å². The van der Waals surface area contributed by atoms with Crippen molar-refractivity contribution < 1.29 is 0 Å². The van der Waals surface area contributed by atoms with Crippen molar-refractivity contribution in [2.75, 3.05) is 0 Å². The summed E-state index contributed by atoms with van der Waals surface area (Å²) in [5, 5.41) is 0. The molecule has 0 nitrogen and oxygen atoms in total. The Kier molecular flexibility index (Phi) is 11.4. The van der Waals surface area contributed by atoms with Crippen molar-refractivity contribution in [2.24, 2.45) is 11.8 Å². The van der Waals surface area contributed by atoms with Gasteiger partial charge in [-0.2, -0.15) is 0 Å². The molecule has 0 N–H and O–H groups in total. The standard InChI is InChI=1S/C8H18.C2H6/c1-7(2)5-6-8(3)4;1-2/h7-8H,5-6H2,1-4H3;1-2H3. The first-order valence-electron chi connectivity index (χ1n) is 4.63. The Morgan fingerprint density at radius 1 is 0.700 bits per heavy atom. The van der Waals surface area contributed by atoms with E-state index >= 15 is 0 Å². The van der Waals surface area contributed by atoms with Crippen molar-refractivity contribution in [3.8, 4) is 0 Å². The highest BCUT2D eigenvalue weighted by Crippen LogP contribution is 2.09. The summed E-state index contributed by atoms with van der Waals surface area (Å²) in [7, 11) is 0. The third kappa shape index (κ3) is 15.7. The van der Waals surface area contributed by atoms with Crippen LogP contribution in [-0.2, 0) is 0 Å². The van der Waals surface area contributed by atoms with Gasteiger partial charge in [-0.3, -0.25) is 0 Å². The molecule has 0 bridgehead atoms. The highest BCUT2D eigenvalue weighted by atomic mass is 14.0. The molecule has 0 saturated carbocycles. The molecular formula is C10H24. The Bertz CT molecular complexity index is 36.0. The second kappa shape index (κ2) is 9.00. The molecule has 0 spiro atoms. The summed E-state index contributed by atoms with van der Waals surface area (Å²) in [5.74, 6) is 1.77. The van der Waals surface area contributed by atoms with Gasteiger partial charge in [0.2, 0.25) is 0 Å². The van der Waals surface area contributed by atoms with Gasteiger partial charge in [0.25, 0.3) is 0 Å². The minimum absolute atomic E-state index is 0.886. The summed E-state index contributed by atoms with van der Waals surface area (Å²) in [6.07, 6.45) is 2.77. The first-order chi connectivity index (χ1) is 4.63. The van der Waals surface area contributed by atoms with Crippen molar-refractivity contribution in [2.45, 2.75) is 54.4 Å². The van der Waals surface area contributed by atoms with E-state index in [-0.39, 0.29) is 0 Å². The van der Waals surface area contributed by atoms with E-state index in [9.17, 15) is 0 Å². The van der Waals surface area contributed by atoms with Crippen LogP contribution in [0.1, 0.15) is 54.4 Å². The zero-order valence-electron chi connectivity index (χ0n) is 8.57. The van der Waals surface area contributed by atoms with Gasteiger partial charge in [-0.05, 0) is 11.8 Å². The zero-order valence-corrected chi connectivity index (χ0v) is 8.57. The van der Waals surface area contributed by atoms with Crippen LogP contribution in [0.3, 0.4) is 0 Å². The predicted octanol–water partition coefficient (Wildman–Crippen LogP) is 4.10. The largest absolute Gasteiger partial charge is 0.0683 e. The Morgan fingerprint density at radius 2 is 0.900 bits per heavy atom. The number of hydrogen-bond acceptors (Lipinski definition) is 0. The molecule has 0 radical (unpaired) electrons. The highest BCUT2D eigenvalue weighted by Gasteiger charge is 1.95. The van der Waals surface area contributed by atoms with Crippen LogP contribution in [0, 0.1) is 11.8 Å². The van der Waals surface area contributed by atoms with Gasteiger partial charge in [0.1, 0.15) is 0 Å². The number of rotatable bonds is 3. The Balaban J connectivity index is 0. The van der Waals surface area contributed by atoms with E-state index < -0.39 is 0 Å². The predicted molar refractivity (Wildman–Crippen MR) is 50.3 cm³/mol. The molecule has 0 rings (SSSR count). The fraction of sp³-hybridized carbons (Fsp3) is 1.00. The summed E-state index contributed by atoms with van der Waals surface area (Å²) in [5.41, 5.74) is 0. The van der Waals surface area contributed by atoms with E-state index in [4.69, 9.17) is 0 Å². The molecule has 0 unspecified atom stereocenters. The third-order valence-electron chi connectivity index (χ3n) is 1.32. The van der Waals surface area contributed by atoms with Crippen LogP contribution < -0.4 is 0 Å². The average Bonchev–Trinajstić information content (AvgIpc) is 1.89. The summed E-state index contributed by atoms with van der Waals surface area (Å²) in [6, 6.07) is 0. The minimum atomic E-state index is 0.886. The van der Waals surface area contributed by atoms with Crippen molar-refractivity contribution in [1.82, 2.24) is 0 Å². The molecule has 0 aliphatic heterocycles. The van der Waals surface area contributed by atoms with Crippen LogP contribution in [0.4, 0.5) is 0 Å². The van der Waals surface area contributed by atoms with Crippen LogP contribution in [0.25, 0.3) is 0 Å². The van der Waals surface area contributed by atoms with Gasteiger partial charge < -0.3 is 0 Å². The van der Waals surface area contributed by atoms with Crippen LogP contribution in [0.5, 0.6) is 0 Å². The smallest absolute Gasteiger partial charge is 0.0471 e. The lowest BCUT2D eigenvalue weighted by molar-refractivity contribution is 0.476.